The molecule has 5 rings (SSSR count). The second-order valence-corrected chi connectivity index (χ2v) is 7.14. The fraction of sp³-hybridized carbons (Fsp3) is 0.643. The fourth-order valence-corrected chi connectivity index (χ4v) is 4.72. The molecule has 0 radical (unpaired) electrons. The van der Waals surface area contributed by atoms with Gasteiger partial charge in [0.05, 0.1) is 5.60 Å². The van der Waals surface area contributed by atoms with Crippen molar-refractivity contribution in [2.24, 2.45) is 5.92 Å². The summed E-state index contributed by atoms with van der Waals surface area (Å²) >= 11 is 3.43. The second kappa shape index (κ2) is 3.70. The number of aliphatic hydroxyl groups is 1. The lowest BCUT2D eigenvalue weighted by Crippen LogP contribution is -2.64. The van der Waals surface area contributed by atoms with Crippen molar-refractivity contribution in [2.45, 2.75) is 49.8 Å². The van der Waals surface area contributed by atoms with Crippen molar-refractivity contribution < 1.29 is 5.11 Å². The Morgan fingerprint density at radius 1 is 1.22 bits per heavy atom. The number of nitrogens with zero attached hydrogens (tertiary/aromatic N) is 2. The van der Waals surface area contributed by atoms with E-state index in [4.69, 9.17) is 0 Å². The topological polar surface area (TPSA) is 36.4 Å². The van der Waals surface area contributed by atoms with E-state index < -0.39 is 0 Å². The van der Waals surface area contributed by atoms with Gasteiger partial charge in [0, 0.05) is 22.8 Å². The molecule has 1 aromatic rings. The van der Waals surface area contributed by atoms with Crippen molar-refractivity contribution in [1.29, 1.82) is 0 Å². The average Bonchev–Trinajstić information content (AvgIpc) is 2.28. The summed E-state index contributed by atoms with van der Waals surface area (Å²) in [7, 11) is 0. The molecule has 1 aromatic heterocycles. The Kier molecular flexibility index (Phi) is 2.31. The van der Waals surface area contributed by atoms with Crippen LogP contribution in [-0.4, -0.2) is 27.8 Å². The Morgan fingerprint density at radius 3 is 2.50 bits per heavy atom. The first-order valence-corrected chi connectivity index (χ1v) is 7.55. The molecule has 3 heterocycles. The van der Waals surface area contributed by atoms with E-state index in [1.54, 1.807) is 0 Å². The lowest BCUT2D eigenvalue weighted by molar-refractivity contribution is -0.0872. The third kappa shape index (κ3) is 1.62. The lowest BCUT2D eigenvalue weighted by Gasteiger charge is -2.60. The summed E-state index contributed by atoms with van der Waals surface area (Å²) in [4.78, 5) is 7.01. The van der Waals surface area contributed by atoms with E-state index in [0.717, 1.165) is 35.5 Å². The van der Waals surface area contributed by atoms with E-state index in [1.165, 1.54) is 12.8 Å². The summed E-state index contributed by atoms with van der Waals surface area (Å²) in [6, 6.07) is 5.14. The van der Waals surface area contributed by atoms with Crippen LogP contribution in [0.4, 0.5) is 5.82 Å². The molecule has 18 heavy (non-hydrogen) atoms. The van der Waals surface area contributed by atoms with Crippen LogP contribution in [0, 0.1) is 5.92 Å². The molecule has 4 heteroatoms. The zero-order chi connectivity index (χ0) is 12.3. The molecule has 0 spiro atoms. The molecule has 2 saturated carbocycles. The van der Waals surface area contributed by atoms with Crippen LogP contribution in [0.25, 0.3) is 0 Å². The molecule has 4 bridgehead atoms. The maximum Gasteiger partial charge on any atom is 0.129 e. The Bertz CT molecular complexity index is 459. The first-order chi connectivity index (χ1) is 8.63. The predicted molar refractivity (Wildman–Crippen MR) is 73.5 cm³/mol. The number of halogens is 1. The quantitative estimate of drug-likeness (QED) is 0.866. The predicted octanol–water partition coefficient (Wildman–Crippen LogP) is 2.73. The molecule has 1 N–H and O–H groups in total. The summed E-state index contributed by atoms with van der Waals surface area (Å²) in [5, 5.41) is 10.6. The van der Waals surface area contributed by atoms with Crippen molar-refractivity contribution in [3.63, 3.8) is 0 Å². The Hall–Kier alpha value is -0.610. The zero-order valence-electron chi connectivity index (χ0n) is 10.2. The molecule has 0 amide bonds. The molecule has 2 aliphatic heterocycles. The number of piperidine rings is 2. The summed E-state index contributed by atoms with van der Waals surface area (Å²) in [6.45, 7) is 0. The van der Waals surface area contributed by atoms with Crippen molar-refractivity contribution >= 4 is 21.7 Å². The van der Waals surface area contributed by atoms with Gasteiger partial charge < -0.3 is 10.0 Å². The SMILES string of the molecule is OC12CC3CC(C1)N(c1ccc(Br)cn1)C(C3)C2. The lowest BCUT2D eigenvalue weighted by atomic mass is 9.61. The third-order valence-corrected chi connectivity index (χ3v) is 5.34. The van der Waals surface area contributed by atoms with Gasteiger partial charge in [-0.1, -0.05) is 0 Å². The molecular weight excluding hydrogens is 292 g/mol. The highest BCUT2D eigenvalue weighted by atomic mass is 79.9. The van der Waals surface area contributed by atoms with Gasteiger partial charge in [-0.25, -0.2) is 4.98 Å². The Morgan fingerprint density at radius 2 is 1.94 bits per heavy atom. The molecule has 2 unspecified atom stereocenters. The monoisotopic (exact) mass is 308 g/mol. The largest absolute Gasteiger partial charge is 0.390 e. The van der Waals surface area contributed by atoms with Crippen molar-refractivity contribution in [3.8, 4) is 0 Å². The number of aromatic nitrogens is 1. The van der Waals surface area contributed by atoms with Gasteiger partial charge in [0.2, 0.25) is 0 Å². The van der Waals surface area contributed by atoms with E-state index >= 15 is 0 Å². The molecule has 2 aliphatic carbocycles. The average molecular weight is 309 g/mol. The number of hydrogen-bond acceptors (Lipinski definition) is 3. The number of pyridine rings is 1. The molecule has 0 aromatic carbocycles. The van der Waals surface area contributed by atoms with Gasteiger partial charge in [0.15, 0.2) is 0 Å². The van der Waals surface area contributed by atoms with Crippen LogP contribution in [0.1, 0.15) is 32.1 Å². The van der Waals surface area contributed by atoms with Crippen LogP contribution in [-0.2, 0) is 0 Å². The van der Waals surface area contributed by atoms with Gasteiger partial charge in [-0.05, 0) is 66.1 Å². The van der Waals surface area contributed by atoms with Gasteiger partial charge in [-0.2, -0.15) is 0 Å². The molecule has 4 aliphatic rings. The molecule has 3 nitrogen and oxygen atoms in total. The minimum Gasteiger partial charge on any atom is -0.390 e. The second-order valence-electron chi connectivity index (χ2n) is 6.22. The third-order valence-electron chi connectivity index (χ3n) is 4.87. The van der Waals surface area contributed by atoms with Crippen LogP contribution < -0.4 is 4.90 Å². The number of anilines is 1. The molecule has 96 valence electrons. The highest BCUT2D eigenvalue weighted by Crippen LogP contribution is 2.52. The van der Waals surface area contributed by atoms with E-state index in [-0.39, 0.29) is 5.60 Å². The van der Waals surface area contributed by atoms with Crippen LogP contribution in [0.5, 0.6) is 0 Å². The highest BCUT2D eigenvalue weighted by molar-refractivity contribution is 9.10. The maximum absolute atomic E-state index is 10.6. The summed E-state index contributed by atoms with van der Waals surface area (Å²) < 4.78 is 1.02. The zero-order valence-corrected chi connectivity index (χ0v) is 11.8. The summed E-state index contributed by atoms with van der Waals surface area (Å²) in [6.07, 6.45) is 7.22. The van der Waals surface area contributed by atoms with Gasteiger partial charge in [-0.3, -0.25) is 0 Å². The highest BCUT2D eigenvalue weighted by Gasteiger charge is 2.54. The van der Waals surface area contributed by atoms with Crippen molar-refractivity contribution in [2.75, 3.05) is 4.90 Å². The number of hydrogen-bond donors (Lipinski definition) is 1. The molecule has 2 atom stereocenters. The standard InChI is InChI=1S/C14H17BrN2O/c15-10-1-2-13(16-8-10)17-11-3-9-4-12(17)7-14(18,5-9)6-11/h1-2,8-9,11-12,18H,3-7H2. The first kappa shape index (κ1) is 11.2. The summed E-state index contributed by atoms with van der Waals surface area (Å²) in [5.41, 5.74) is -0.373. The van der Waals surface area contributed by atoms with E-state index in [9.17, 15) is 5.11 Å². The molecule has 2 saturated heterocycles. The summed E-state index contributed by atoms with van der Waals surface area (Å²) in [5.74, 6) is 1.81. The van der Waals surface area contributed by atoms with E-state index in [0.29, 0.717) is 12.1 Å². The molecular formula is C14H17BrN2O. The normalized spacial score (nSPS) is 41.4. The van der Waals surface area contributed by atoms with Gasteiger partial charge in [0.25, 0.3) is 0 Å². The van der Waals surface area contributed by atoms with E-state index in [2.05, 4.69) is 37.9 Å². The Labute approximate surface area is 115 Å². The van der Waals surface area contributed by atoms with Crippen molar-refractivity contribution in [3.05, 3.63) is 22.8 Å². The Balaban J connectivity index is 1.69. The first-order valence-electron chi connectivity index (χ1n) is 6.75. The van der Waals surface area contributed by atoms with Gasteiger partial charge in [0.1, 0.15) is 5.82 Å². The van der Waals surface area contributed by atoms with Crippen LogP contribution in [0.15, 0.2) is 22.8 Å². The van der Waals surface area contributed by atoms with E-state index in [1.807, 2.05) is 6.20 Å². The number of rotatable bonds is 1. The van der Waals surface area contributed by atoms with Gasteiger partial charge >= 0.3 is 0 Å². The minimum absolute atomic E-state index is 0.373. The van der Waals surface area contributed by atoms with Crippen molar-refractivity contribution in [1.82, 2.24) is 4.98 Å². The van der Waals surface area contributed by atoms with Crippen LogP contribution in [0.2, 0.25) is 0 Å². The maximum atomic E-state index is 10.6. The minimum atomic E-state index is -0.373. The van der Waals surface area contributed by atoms with Crippen LogP contribution in [0.3, 0.4) is 0 Å². The fourth-order valence-electron chi connectivity index (χ4n) is 4.48. The van der Waals surface area contributed by atoms with Crippen LogP contribution >= 0.6 is 15.9 Å². The molecule has 4 fully saturated rings. The van der Waals surface area contributed by atoms with Gasteiger partial charge in [-0.15, -0.1) is 0 Å². The smallest absolute Gasteiger partial charge is 0.129 e.